The fourth-order valence-electron chi connectivity index (χ4n) is 3.13. The van der Waals surface area contributed by atoms with Crippen LogP contribution in [0.4, 0.5) is 5.69 Å². The molecule has 0 spiro atoms. The van der Waals surface area contributed by atoms with Crippen LogP contribution in [0.2, 0.25) is 0 Å². The zero-order chi connectivity index (χ0) is 16.4. The van der Waals surface area contributed by atoms with Gasteiger partial charge in [0.05, 0.1) is 35.1 Å². The number of carbonyl (C=O) groups is 1. The Balaban J connectivity index is 1.93. The molecule has 0 aromatic carbocycles. The zero-order valence-corrected chi connectivity index (χ0v) is 14.0. The second-order valence-electron chi connectivity index (χ2n) is 6.24. The van der Waals surface area contributed by atoms with Crippen molar-refractivity contribution in [2.45, 2.75) is 59.0 Å². The topological polar surface area (TPSA) is 77.0 Å². The third-order valence-corrected chi connectivity index (χ3v) is 4.50. The molecule has 0 saturated heterocycles. The summed E-state index contributed by atoms with van der Waals surface area (Å²) in [6.07, 6.45) is 7.23. The second kappa shape index (κ2) is 6.56. The number of nitrogens with zero attached hydrogens (tertiary/aromatic N) is 4. The molecule has 23 heavy (non-hydrogen) atoms. The van der Waals surface area contributed by atoms with Gasteiger partial charge in [-0.25, -0.2) is 9.67 Å². The van der Waals surface area contributed by atoms with Crippen molar-refractivity contribution in [3.8, 4) is 0 Å². The van der Waals surface area contributed by atoms with Crippen LogP contribution in [0, 0.1) is 0 Å². The lowest BCUT2D eigenvalue weighted by Gasteiger charge is -2.14. The van der Waals surface area contributed by atoms with Crippen LogP contribution >= 0.6 is 0 Å². The Kier molecular flexibility index (Phi) is 4.50. The van der Waals surface area contributed by atoms with E-state index in [9.17, 15) is 4.79 Å². The molecule has 1 amide bonds. The van der Waals surface area contributed by atoms with Gasteiger partial charge in [0.2, 0.25) is 0 Å². The third kappa shape index (κ3) is 2.78. The first-order chi connectivity index (χ1) is 11.2. The van der Waals surface area contributed by atoms with Crippen LogP contribution in [0.15, 0.2) is 6.20 Å². The van der Waals surface area contributed by atoms with Crippen LogP contribution in [0.25, 0.3) is 11.0 Å². The zero-order valence-electron chi connectivity index (χ0n) is 14.0. The summed E-state index contributed by atoms with van der Waals surface area (Å²) in [5.41, 5.74) is 9.01. The molecule has 3 heterocycles. The number of unbranched alkanes of at least 4 members (excludes halogenated alkanes) is 3. The second-order valence-corrected chi connectivity index (χ2v) is 6.24. The van der Waals surface area contributed by atoms with Crippen molar-refractivity contribution in [1.82, 2.24) is 19.7 Å². The van der Waals surface area contributed by atoms with Crippen LogP contribution in [-0.4, -0.2) is 32.1 Å². The molecule has 0 radical (unpaired) electrons. The molecular weight excluding hydrogens is 290 g/mol. The fraction of sp³-hybridized carbons (Fsp3) is 0.588. The van der Waals surface area contributed by atoms with Crippen molar-refractivity contribution < 1.29 is 4.79 Å². The smallest absolute Gasteiger partial charge is 0.258 e. The van der Waals surface area contributed by atoms with Crippen LogP contribution in [0.5, 0.6) is 0 Å². The van der Waals surface area contributed by atoms with E-state index in [1.165, 1.54) is 12.8 Å². The van der Waals surface area contributed by atoms with Gasteiger partial charge in [-0.05, 0) is 12.8 Å². The Bertz CT molecular complexity index is 721. The number of nitrogens with two attached hydrogens (primary N) is 1. The number of hydrogen-bond donors (Lipinski definition) is 1. The van der Waals surface area contributed by atoms with Crippen LogP contribution < -0.4 is 5.73 Å². The molecule has 0 bridgehead atoms. The van der Waals surface area contributed by atoms with Crippen LogP contribution in [0.1, 0.15) is 62.0 Å². The number of aromatic nitrogens is 3. The SMILES string of the molecule is CCCCCn1ncc2c(N)c3c(nc21)CN(CCCC)C3=O. The number of pyridine rings is 1. The highest BCUT2D eigenvalue weighted by atomic mass is 16.2. The fourth-order valence-corrected chi connectivity index (χ4v) is 3.13. The molecule has 124 valence electrons. The summed E-state index contributed by atoms with van der Waals surface area (Å²) in [4.78, 5) is 19.1. The van der Waals surface area contributed by atoms with Gasteiger partial charge >= 0.3 is 0 Å². The van der Waals surface area contributed by atoms with Crippen LogP contribution in [-0.2, 0) is 13.1 Å². The maximum Gasteiger partial charge on any atom is 0.258 e. The number of hydrogen-bond acceptors (Lipinski definition) is 4. The lowest BCUT2D eigenvalue weighted by Crippen LogP contribution is -2.25. The highest BCUT2D eigenvalue weighted by Crippen LogP contribution is 2.32. The first-order valence-electron chi connectivity index (χ1n) is 8.60. The van der Waals surface area contributed by atoms with Gasteiger partial charge in [0.25, 0.3) is 5.91 Å². The van der Waals surface area contributed by atoms with Crippen LogP contribution in [0.3, 0.4) is 0 Å². The molecule has 6 nitrogen and oxygen atoms in total. The molecule has 1 aliphatic rings. The quantitative estimate of drug-likeness (QED) is 0.797. The van der Waals surface area contributed by atoms with Crippen molar-refractivity contribution in [3.05, 3.63) is 17.5 Å². The van der Waals surface area contributed by atoms with Gasteiger partial charge in [-0.1, -0.05) is 33.1 Å². The van der Waals surface area contributed by atoms with Gasteiger partial charge in [0, 0.05) is 13.1 Å². The summed E-state index contributed by atoms with van der Waals surface area (Å²) in [6.45, 7) is 6.48. The summed E-state index contributed by atoms with van der Waals surface area (Å²) < 4.78 is 1.92. The van der Waals surface area contributed by atoms with Crippen molar-refractivity contribution in [3.63, 3.8) is 0 Å². The van der Waals surface area contributed by atoms with E-state index in [0.717, 1.165) is 49.1 Å². The highest BCUT2D eigenvalue weighted by molar-refractivity contribution is 6.08. The largest absolute Gasteiger partial charge is 0.397 e. The Labute approximate surface area is 136 Å². The predicted molar refractivity (Wildman–Crippen MR) is 91.1 cm³/mol. The molecule has 2 N–H and O–H groups in total. The molecule has 0 saturated carbocycles. The molecule has 0 unspecified atom stereocenters. The lowest BCUT2D eigenvalue weighted by atomic mass is 10.1. The van der Waals surface area contributed by atoms with E-state index < -0.39 is 0 Å². The van der Waals surface area contributed by atoms with E-state index in [1.54, 1.807) is 6.20 Å². The van der Waals surface area contributed by atoms with E-state index in [4.69, 9.17) is 10.7 Å². The van der Waals surface area contributed by atoms with Gasteiger partial charge in [0.15, 0.2) is 5.65 Å². The number of rotatable bonds is 7. The average Bonchev–Trinajstić information content (AvgIpc) is 3.08. The number of anilines is 1. The number of aryl methyl sites for hydroxylation is 1. The first-order valence-corrected chi connectivity index (χ1v) is 8.60. The maximum atomic E-state index is 12.6. The predicted octanol–water partition coefficient (Wildman–Crippen LogP) is 2.96. The molecular formula is C17H25N5O. The summed E-state index contributed by atoms with van der Waals surface area (Å²) in [5, 5.41) is 5.21. The monoisotopic (exact) mass is 315 g/mol. The molecule has 6 heteroatoms. The van der Waals surface area contributed by atoms with Crippen molar-refractivity contribution in [2.75, 3.05) is 12.3 Å². The number of carbonyl (C=O) groups excluding carboxylic acids is 1. The average molecular weight is 315 g/mol. The van der Waals surface area contributed by atoms with Crippen molar-refractivity contribution in [2.24, 2.45) is 0 Å². The van der Waals surface area contributed by atoms with Gasteiger partial charge in [-0.15, -0.1) is 0 Å². The molecule has 2 aromatic heterocycles. The van der Waals surface area contributed by atoms with Crippen molar-refractivity contribution >= 4 is 22.6 Å². The molecule has 2 aromatic rings. The molecule has 3 rings (SSSR count). The Morgan fingerprint density at radius 2 is 1.96 bits per heavy atom. The Hall–Kier alpha value is -2.11. The molecule has 0 atom stereocenters. The standard InChI is InChI=1S/C17H25N5O/c1-3-5-7-9-22-16-12(10-19-22)15(18)14-13(20-16)11-21(17(14)23)8-6-4-2/h10H,3-9,11H2,1-2H3,(H2,18,20). The Morgan fingerprint density at radius 1 is 1.17 bits per heavy atom. The Morgan fingerprint density at radius 3 is 2.70 bits per heavy atom. The van der Waals surface area contributed by atoms with E-state index in [1.807, 2.05) is 9.58 Å². The molecule has 0 aliphatic carbocycles. The molecule has 0 fully saturated rings. The van der Waals surface area contributed by atoms with E-state index >= 15 is 0 Å². The number of fused-ring (bicyclic) bond motifs is 2. The minimum Gasteiger partial charge on any atom is -0.397 e. The molecule has 1 aliphatic heterocycles. The maximum absolute atomic E-state index is 12.6. The lowest BCUT2D eigenvalue weighted by molar-refractivity contribution is 0.0777. The first kappa shape index (κ1) is 15.8. The van der Waals surface area contributed by atoms with Gasteiger partial charge < -0.3 is 10.6 Å². The summed E-state index contributed by atoms with van der Waals surface area (Å²) in [6, 6.07) is 0. The number of amides is 1. The summed E-state index contributed by atoms with van der Waals surface area (Å²) in [5.74, 6) is 0.0130. The van der Waals surface area contributed by atoms with Gasteiger partial charge in [-0.3, -0.25) is 4.79 Å². The highest BCUT2D eigenvalue weighted by Gasteiger charge is 2.32. The van der Waals surface area contributed by atoms with E-state index in [0.29, 0.717) is 17.8 Å². The minimum absolute atomic E-state index is 0.0130. The van der Waals surface area contributed by atoms with Crippen molar-refractivity contribution in [1.29, 1.82) is 0 Å². The summed E-state index contributed by atoms with van der Waals surface area (Å²) in [7, 11) is 0. The summed E-state index contributed by atoms with van der Waals surface area (Å²) >= 11 is 0. The number of nitrogen functional groups attached to an aromatic ring is 1. The van der Waals surface area contributed by atoms with E-state index in [-0.39, 0.29) is 5.91 Å². The third-order valence-electron chi connectivity index (χ3n) is 4.50. The minimum atomic E-state index is 0.0130. The van der Waals surface area contributed by atoms with Gasteiger partial charge in [-0.2, -0.15) is 5.10 Å². The normalized spacial score (nSPS) is 14.0. The van der Waals surface area contributed by atoms with E-state index in [2.05, 4.69) is 18.9 Å². The van der Waals surface area contributed by atoms with Gasteiger partial charge in [0.1, 0.15) is 0 Å².